The van der Waals surface area contributed by atoms with E-state index in [9.17, 15) is 4.79 Å². The Balaban J connectivity index is 1.42. The Morgan fingerprint density at radius 3 is 2.38 bits per heavy atom. The maximum Gasteiger partial charge on any atom is 0.291 e. The summed E-state index contributed by atoms with van der Waals surface area (Å²) in [5, 5.41) is 12.8. The number of amides is 1. The Morgan fingerprint density at radius 2 is 1.59 bits per heavy atom. The van der Waals surface area contributed by atoms with E-state index < -0.39 is 5.91 Å². The van der Waals surface area contributed by atoms with E-state index in [0.29, 0.717) is 43.1 Å². The molecule has 3 aromatic carbocycles. The van der Waals surface area contributed by atoms with E-state index >= 15 is 0 Å². The second-order valence-electron chi connectivity index (χ2n) is 6.87. The fraction of sp³-hybridized carbons (Fsp3) is 0. The highest BCUT2D eigenvalue weighted by Gasteiger charge is 2.17. The minimum Gasteiger partial charge on any atom is -0.451 e. The van der Waals surface area contributed by atoms with Crippen LogP contribution in [0.15, 0.2) is 77.2 Å². The van der Waals surface area contributed by atoms with Gasteiger partial charge >= 0.3 is 0 Å². The summed E-state index contributed by atoms with van der Waals surface area (Å²) >= 11 is 18.7. The van der Waals surface area contributed by atoms with Gasteiger partial charge in [0.25, 0.3) is 5.91 Å². The van der Waals surface area contributed by atoms with Gasteiger partial charge in [-0.15, -0.1) is 10.2 Å². The van der Waals surface area contributed by atoms with E-state index in [-0.39, 0.29) is 5.76 Å². The summed E-state index contributed by atoms with van der Waals surface area (Å²) in [5.74, 6) is 0.0567. The Kier molecular flexibility index (Phi) is 5.35. The molecule has 0 unspecified atom stereocenters. The molecule has 0 spiro atoms. The van der Waals surface area contributed by atoms with Gasteiger partial charge in [0.15, 0.2) is 5.76 Å². The third-order valence-electron chi connectivity index (χ3n) is 4.75. The number of hydrogen-bond acceptors (Lipinski definition) is 4. The lowest BCUT2D eigenvalue weighted by molar-refractivity contribution is 0.0997. The van der Waals surface area contributed by atoms with Crippen LogP contribution in [0.1, 0.15) is 10.6 Å². The molecule has 1 amide bonds. The van der Waals surface area contributed by atoms with Crippen LogP contribution in [0.25, 0.3) is 28.0 Å². The Hall–Kier alpha value is -3.32. The first kappa shape index (κ1) is 20.6. The van der Waals surface area contributed by atoms with Crippen LogP contribution in [0, 0.1) is 0 Å². The van der Waals surface area contributed by atoms with Crippen molar-refractivity contribution < 1.29 is 9.21 Å². The van der Waals surface area contributed by atoms with E-state index in [1.807, 2.05) is 30.3 Å². The summed E-state index contributed by atoms with van der Waals surface area (Å²) in [5.41, 5.74) is 2.98. The van der Waals surface area contributed by atoms with Gasteiger partial charge in [-0.05, 0) is 48.5 Å². The molecule has 5 aromatic rings. The van der Waals surface area contributed by atoms with Crippen molar-refractivity contribution in [2.45, 2.75) is 0 Å². The maximum atomic E-state index is 12.8. The Morgan fingerprint density at radius 1 is 0.844 bits per heavy atom. The first-order valence-corrected chi connectivity index (χ1v) is 10.6. The minimum atomic E-state index is -0.467. The summed E-state index contributed by atoms with van der Waals surface area (Å²) < 4.78 is 5.70. The summed E-state index contributed by atoms with van der Waals surface area (Å²) in [4.78, 5) is 14.3. The Bertz CT molecular complexity index is 1460. The number of rotatable bonds is 4. The van der Waals surface area contributed by atoms with Crippen molar-refractivity contribution in [2.75, 3.05) is 5.32 Å². The van der Waals surface area contributed by atoms with Gasteiger partial charge in [-0.3, -0.25) is 4.79 Å². The van der Waals surface area contributed by atoms with Crippen molar-refractivity contribution in [3.05, 3.63) is 93.6 Å². The number of furan rings is 1. The van der Waals surface area contributed by atoms with Gasteiger partial charge in [0.2, 0.25) is 0 Å². The quantitative estimate of drug-likeness (QED) is 0.302. The molecule has 0 fully saturated rings. The zero-order valence-corrected chi connectivity index (χ0v) is 18.5. The molecular weight excluding hydrogens is 471 g/mol. The molecule has 2 heterocycles. The van der Waals surface area contributed by atoms with Crippen LogP contribution >= 0.6 is 34.8 Å². The molecule has 6 nitrogen and oxygen atoms in total. The monoisotopic (exact) mass is 482 g/mol. The van der Waals surface area contributed by atoms with Gasteiger partial charge in [-0.25, -0.2) is 0 Å². The molecule has 0 aliphatic heterocycles. The lowest BCUT2D eigenvalue weighted by Gasteiger charge is -2.06. The number of benzene rings is 3. The van der Waals surface area contributed by atoms with Gasteiger partial charge < -0.3 is 9.73 Å². The summed E-state index contributed by atoms with van der Waals surface area (Å²) in [6.45, 7) is 0. The third kappa shape index (κ3) is 3.84. The number of carbonyl (C=O) groups is 1. The van der Waals surface area contributed by atoms with Crippen molar-refractivity contribution in [1.29, 1.82) is 0 Å². The molecule has 0 saturated heterocycles. The first-order chi connectivity index (χ1) is 15.5. The fourth-order valence-corrected chi connectivity index (χ4v) is 3.79. The van der Waals surface area contributed by atoms with Gasteiger partial charge in [0.05, 0.1) is 26.4 Å². The van der Waals surface area contributed by atoms with Crippen molar-refractivity contribution in [2.24, 2.45) is 0 Å². The zero-order chi connectivity index (χ0) is 22.2. The molecule has 158 valence electrons. The second-order valence-corrected chi connectivity index (χ2v) is 8.06. The highest BCUT2D eigenvalue weighted by Crippen LogP contribution is 2.34. The number of para-hydroxylation sites is 1. The molecule has 2 aromatic heterocycles. The first-order valence-electron chi connectivity index (χ1n) is 9.47. The SMILES string of the molecule is O=C(Nc1cc2nn(-c3ccccc3)nc2cc1Cl)c1ccc(-c2cccc(Cl)c2Cl)o1. The molecule has 32 heavy (non-hydrogen) atoms. The van der Waals surface area contributed by atoms with E-state index in [2.05, 4.69) is 15.5 Å². The van der Waals surface area contributed by atoms with Gasteiger partial charge in [-0.1, -0.05) is 59.1 Å². The smallest absolute Gasteiger partial charge is 0.291 e. The van der Waals surface area contributed by atoms with Gasteiger partial charge in [-0.2, -0.15) is 4.80 Å². The van der Waals surface area contributed by atoms with Crippen molar-refractivity contribution >= 4 is 57.4 Å². The molecule has 0 radical (unpaired) electrons. The number of halogens is 3. The minimum absolute atomic E-state index is 0.0974. The van der Waals surface area contributed by atoms with Crippen LogP contribution in [0.5, 0.6) is 0 Å². The topological polar surface area (TPSA) is 73.0 Å². The maximum absolute atomic E-state index is 12.8. The highest BCUT2D eigenvalue weighted by molar-refractivity contribution is 6.43. The third-order valence-corrected chi connectivity index (χ3v) is 5.88. The van der Waals surface area contributed by atoms with Crippen LogP contribution in [-0.4, -0.2) is 20.9 Å². The molecule has 5 rings (SSSR count). The zero-order valence-electron chi connectivity index (χ0n) is 16.2. The molecule has 0 atom stereocenters. The van der Waals surface area contributed by atoms with E-state index in [0.717, 1.165) is 5.69 Å². The summed E-state index contributed by atoms with van der Waals surface area (Å²) in [6.07, 6.45) is 0. The molecular formula is C23H13Cl3N4O2. The molecule has 1 N–H and O–H groups in total. The fourth-order valence-electron chi connectivity index (χ4n) is 3.19. The number of aromatic nitrogens is 3. The van der Waals surface area contributed by atoms with E-state index in [1.54, 1.807) is 42.5 Å². The number of nitrogens with one attached hydrogen (secondary N) is 1. The second kappa shape index (κ2) is 8.31. The molecule has 0 saturated carbocycles. The predicted octanol–water partition coefficient (Wildman–Crippen LogP) is 6.89. The van der Waals surface area contributed by atoms with Crippen LogP contribution in [0.2, 0.25) is 15.1 Å². The highest BCUT2D eigenvalue weighted by atomic mass is 35.5. The summed E-state index contributed by atoms with van der Waals surface area (Å²) in [7, 11) is 0. The van der Waals surface area contributed by atoms with Crippen molar-refractivity contribution in [1.82, 2.24) is 15.0 Å². The number of fused-ring (bicyclic) bond motifs is 1. The van der Waals surface area contributed by atoms with Crippen LogP contribution < -0.4 is 5.32 Å². The molecule has 9 heteroatoms. The average molecular weight is 484 g/mol. The van der Waals surface area contributed by atoms with Gasteiger partial charge in [0, 0.05) is 5.56 Å². The molecule has 0 bridgehead atoms. The largest absolute Gasteiger partial charge is 0.451 e. The predicted molar refractivity (Wildman–Crippen MR) is 126 cm³/mol. The van der Waals surface area contributed by atoms with E-state index in [1.165, 1.54) is 4.80 Å². The number of hydrogen-bond donors (Lipinski definition) is 1. The number of anilines is 1. The normalized spacial score (nSPS) is 11.1. The standard InChI is InChI=1S/C23H13Cl3N4O2/c24-15-8-4-7-14(22(15)26)20-9-10-21(32-20)23(31)27-17-12-19-18(11-16(17)25)28-30(29-19)13-5-2-1-3-6-13/h1-12H,(H,27,31). The molecule has 0 aliphatic rings. The number of nitrogens with zero attached hydrogens (tertiary/aromatic N) is 3. The van der Waals surface area contributed by atoms with Crippen LogP contribution in [0.4, 0.5) is 5.69 Å². The summed E-state index contributed by atoms with van der Waals surface area (Å²) in [6, 6.07) is 21.2. The Labute approximate surface area is 197 Å². The molecule has 0 aliphatic carbocycles. The van der Waals surface area contributed by atoms with Gasteiger partial charge in [0.1, 0.15) is 16.8 Å². The lowest BCUT2D eigenvalue weighted by atomic mass is 10.2. The average Bonchev–Trinajstić information content (AvgIpc) is 3.44. The number of carbonyl (C=O) groups excluding carboxylic acids is 1. The van der Waals surface area contributed by atoms with Crippen molar-refractivity contribution in [3.63, 3.8) is 0 Å². The van der Waals surface area contributed by atoms with Crippen LogP contribution in [-0.2, 0) is 0 Å². The van der Waals surface area contributed by atoms with Crippen molar-refractivity contribution in [3.8, 4) is 17.0 Å². The van der Waals surface area contributed by atoms with E-state index in [4.69, 9.17) is 39.2 Å². The van der Waals surface area contributed by atoms with Crippen LogP contribution in [0.3, 0.4) is 0 Å². The lowest BCUT2D eigenvalue weighted by Crippen LogP contribution is -2.11.